The largest absolute Gasteiger partial charge is 0.229 e. The number of sulfone groups is 1. The first kappa shape index (κ1) is 8.95. The second-order valence-electron chi connectivity index (χ2n) is 2.34. The Balaban J connectivity index is 2.63. The van der Waals surface area contributed by atoms with Gasteiger partial charge in [-0.3, -0.25) is 0 Å². The molecule has 0 aromatic rings. The van der Waals surface area contributed by atoms with Gasteiger partial charge in [-0.1, -0.05) is 0 Å². The third-order valence-corrected chi connectivity index (χ3v) is 4.02. The highest BCUT2D eigenvalue weighted by molar-refractivity contribution is 7.91. The fourth-order valence-electron chi connectivity index (χ4n) is 0.866. The maximum atomic E-state index is 10.8. The summed E-state index contributed by atoms with van der Waals surface area (Å²) in [5.74, 6) is -0.0906. The van der Waals surface area contributed by atoms with Crippen LogP contribution in [-0.2, 0) is 20.7 Å². The van der Waals surface area contributed by atoms with Gasteiger partial charge < -0.3 is 0 Å². The Hall–Kier alpha value is -0.140. The van der Waals surface area contributed by atoms with Crippen molar-refractivity contribution in [3.63, 3.8) is 0 Å². The molecule has 0 bridgehead atoms. The van der Waals surface area contributed by atoms with E-state index in [0.29, 0.717) is 0 Å². The summed E-state index contributed by atoms with van der Waals surface area (Å²) >= 11 is 0. The zero-order valence-electron chi connectivity index (χ0n) is 5.76. The van der Waals surface area contributed by atoms with Gasteiger partial charge in [-0.05, 0) is 0 Å². The van der Waals surface area contributed by atoms with E-state index < -0.39 is 20.7 Å². The van der Waals surface area contributed by atoms with E-state index in [1.54, 1.807) is 0 Å². The minimum Gasteiger partial charge on any atom is -0.229 e. The molecule has 0 aliphatic carbocycles. The van der Waals surface area contributed by atoms with E-state index in [0.717, 1.165) is 4.31 Å². The third-order valence-electron chi connectivity index (χ3n) is 1.55. The lowest BCUT2D eigenvalue weighted by Gasteiger charge is -2.19. The number of rotatable bonds is 1. The summed E-state index contributed by atoms with van der Waals surface area (Å²) in [6.07, 6.45) is 0. The van der Waals surface area contributed by atoms with Crippen molar-refractivity contribution in [1.82, 2.24) is 4.31 Å². The Morgan fingerprint density at radius 1 is 1.09 bits per heavy atom. The summed E-state index contributed by atoms with van der Waals surface area (Å²) in [6, 6.07) is 0. The van der Waals surface area contributed by atoms with E-state index in [9.17, 15) is 16.8 Å². The third kappa shape index (κ3) is 2.42. The maximum absolute atomic E-state index is 10.8. The normalized spacial score (nSPS) is 25.5. The SMILES string of the molecule is O=[SH](=O)N1CCS(=O)(=O)CC1. The quantitative estimate of drug-likeness (QED) is 0.508. The van der Waals surface area contributed by atoms with Crippen LogP contribution in [0.3, 0.4) is 0 Å². The Labute approximate surface area is 67.0 Å². The predicted octanol–water partition coefficient (Wildman–Crippen LogP) is -1.76. The average molecular weight is 199 g/mol. The first-order valence-corrected chi connectivity index (χ1v) is 6.06. The topological polar surface area (TPSA) is 71.5 Å². The molecule has 1 aliphatic heterocycles. The highest BCUT2D eigenvalue weighted by Crippen LogP contribution is 2.02. The van der Waals surface area contributed by atoms with Crippen LogP contribution in [0.5, 0.6) is 0 Å². The lowest BCUT2D eigenvalue weighted by molar-refractivity contribution is 0.446. The molecule has 1 rings (SSSR count). The zero-order valence-corrected chi connectivity index (χ0v) is 7.48. The summed E-state index contributed by atoms with van der Waals surface area (Å²) < 4.78 is 43.4. The molecule has 66 valence electrons. The molecule has 1 fully saturated rings. The molecule has 0 aromatic heterocycles. The van der Waals surface area contributed by atoms with Gasteiger partial charge in [-0.2, -0.15) is 0 Å². The molecule has 0 saturated carbocycles. The molecule has 5 nitrogen and oxygen atoms in total. The van der Waals surface area contributed by atoms with E-state index in [4.69, 9.17) is 0 Å². The van der Waals surface area contributed by atoms with Gasteiger partial charge in [0.05, 0.1) is 11.5 Å². The van der Waals surface area contributed by atoms with Crippen molar-refractivity contribution in [3.05, 3.63) is 0 Å². The summed E-state index contributed by atoms with van der Waals surface area (Å²) in [7, 11) is -5.55. The number of thiol groups is 1. The smallest absolute Gasteiger partial charge is 0.203 e. The predicted molar refractivity (Wildman–Crippen MR) is 40.5 cm³/mol. The minimum absolute atomic E-state index is 0.0453. The Morgan fingerprint density at radius 3 is 1.91 bits per heavy atom. The Morgan fingerprint density at radius 2 is 1.55 bits per heavy atom. The van der Waals surface area contributed by atoms with Gasteiger partial charge in [-0.15, -0.1) is 0 Å². The van der Waals surface area contributed by atoms with Crippen LogP contribution < -0.4 is 0 Å². The average Bonchev–Trinajstić information content (AvgIpc) is 1.86. The minimum atomic E-state index is -2.96. The molecule has 0 amide bonds. The molecule has 0 atom stereocenters. The van der Waals surface area contributed by atoms with E-state index in [1.165, 1.54) is 0 Å². The van der Waals surface area contributed by atoms with Crippen LogP contribution in [0.25, 0.3) is 0 Å². The van der Waals surface area contributed by atoms with Crippen molar-refractivity contribution in [2.45, 2.75) is 0 Å². The highest BCUT2D eigenvalue weighted by Gasteiger charge is 2.22. The van der Waals surface area contributed by atoms with E-state index in [2.05, 4.69) is 0 Å². The Bertz CT molecular complexity index is 282. The summed E-state index contributed by atoms with van der Waals surface area (Å²) in [6.45, 7) is 0.224. The second-order valence-corrected chi connectivity index (χ2v) is 5.69. The lowest BCUT2D eigenvalue weighted by atomic mass is 10.6. The number of nitrogens with zero attached hydrogens (tertiary/aromatic N) is 1. The van der Waals surface area contributed by atoms with Crippen molar-refractivity contribution in [2.24, 2.45) is 0 Å². The maximum Gasteiger partial charge on any atom is 0.203 e. The molecule has 11 heavy (non-hydrogen) atoms. The summed E-state index contributed by atoms with van der Waals surface area (Å²) in [5.41, 5.74) is 0. The molecule has 1 heterocycles. The van der Waals surface area contributed by atoms with Crippen molar-refractivity contribution < 1.29 is 16.8 Å². The van der Waals surface area contributed by atoms with Crippen LogP contribution in [-0.4, -0.2) is 45.7 Å². The van der Waals surface area contributed by atoms with E-state index >= 15 is 0 Å². The van der Waals surface area contributed by atoms with Gasteiger partial charge >= 0.3 is 0 Å². The van der Waals surface area contributed by atoms with Crippen LogP contribution in [0, 0.1) is 0 Å². The molecule has 1 aliphatic rings. The molecule has 0 unspecified atom stereocenters. The van der Waals surface area contributed by atoms with Crippen molar-refractivity contribution in [2.75, 3.05) is 24.6 Å². The van der Waals surface area contributed by atoms with E-state index in [1.807, 2.05) is 0 Å². The first-order chi connectivity index (χ1) is 5.01. The summed E-state index contributed by atoms with van der Waals surface area (Å²) in [5, 5.41) is 0. The van der Waals surface area contributed by atoms with Gasteiger partial charge in [0.2, 0.25) is 10.9 Å². The number of hydrogen-bond donors (Lipinski definition) is 1. The molecule has 0 N–H and O–H groups in total. The molecule has 0 radical (unpaired) electrons. The van der Waals surface area contributed by atoms with Crippen LogP contribution in [0.15, 0.2) is 0 Å². The van der Waals surface area contributed by atoms with Crippen LogP contribution >= 0.6 is 0 Å². The molecular formula is C4H9NO4S2. The second kappa shape index (κ2) is 3.08. The van der Waals surface area contributed by atoms with Gasteiger partial charge in [-0.25, -0.2) is 21.1 Å². The monoisotopic (exact) mass is 199 g/mol. The molecule has 0 aromatic carbocycles. The molecule has 0 spiro atoms. The van der Waals surface area contributed by atoms with E-state index in [-0.39, 0.29) is 24.6 Å². The van der Waals surface area contributed by atoms with Gasteiger partial charge in [0.25, 0.3) is 0 Å². The highest BCUT2D eigenvalue weighted by atomic mass is 32.2. The molecule has 1 saturated heterocycles. The molecule has 7 heteroatoms. The first-order valence-electron chi connectivity index (χ1n) is 3.11. The standard InChI is InChI=1S/C4H9NO4S2/c6-10(7)5-1-3-11(8,9)4-2-5/h10H,1-4H2. The molecular weight excluding hydrogens is 190 g/mol. The van der Waals surface area contributed by atoms with Crippen LogP contribution in [0.2, 0.25) is 0 Å². The number of hydrogen-bond acceptors (Lipinski definition) is 4. The fourth-order valence-corrected chi connectivity index (χ4v) is 2.86. The van der Waals surface area contributed by atoms with Crippen molar-refractivity contribution in [1.29, 1.82) is 0 Å². The van der Waals surface area contributed by atoms with Gasteiger partial charge in [0.1, 0.15) is 0 Å². The zero-order chi connectivity index (χ0) is 8.48. The lowest BCUT2D eigenvalue weighted by Crippen LogP contribution is -2.39. The fraction of sp³-hybridized carbons (Fsp3) is 1.00. The van der Waals surface area contributed by atoms with Crippen LogP contribution in [0.4, 0.5) is 0 Å². The van der Waals surface area contributed by atoms with Crippen LogP contribution in [0.1, 0.15) is 0 Å². The van der Waals surface area contributed by atoms with Gasteiger partial charge in [0, 0.05) is 13.1 Å². The Kier molecular flexibility index (Phi) is 2.50. The van der Waals surface area contributed by atoms with Crippen molar-refractivity contribution in [3.8, 4) is 0 Å². The van der Waals surface area contributed by atoms with Gasteiger partial charge in [0.15, 0.2) is 9.84 Å². The summed E-state index contributed by atoms with van der Waals surface area (Å²) in [4.78, 5) is 0. The van der Waals surface area contributed by atoms with Crippen molar-refractivity contribution >= 4 is 20.7 Å².